The van der Waals surface area contributed by atoms with Crippen LogP contribution in [0, 0.1) is 5.92 Å². The van der Waals surface area contributed by atoms with Crippen molar-refractivity contribution in [1.82, 2.24) is 19.4 Å². The Morgan fingerprint density at radius 1 is 1.38 bits per heavy atom. The smallest absolute Gasteiger partial charge is 0.407 e. The van der Waals surface area contributed by atoms with Crippen LogP contribution in [0.2, 0.25) is 0 Å². The van der Waals surface area contributed by atoms with E-state index in [4.69, 9.17) is 9.15 Å². The molecule has 1 aliphatic heterocycles. The van der Waals surface area contributed by atoms with Crippen molar-refractivity contribution < 1.29 is 13.9 Å². The molecule has 3 heterocycles. The van der Waals surface area contributed by atoms with Gasteiger partial charge in [-0.3, -0.25) is 9.36 Å². The number of fused-ring (bicyclic) bond motifs is 1. The molecule has 8 heteroatoms. The Morgan fingerprint density at radius 3 is 3.00 bits per heavy atom. The lowest BCUT2D eigenvalue weighted by atomic mass is 10.0. The van der Waals surface area contributed by atoms with E-state index in [2.05, 4.69) is 10.3 Å². The first-order chi connectivity index (χ1) is 12.6. The Balaban J connectivity index is 1.52. The van der Waals surface area contributed by atoms with Crippen molar-refractivity contribution in [3.05, 3.63) is 52.5 Å². The molecule has 3 aromatic rings. The molecule has 8 nitrogen and oxygen atoms in total. The number of nitrogens with one attached hydrogen (secondary N) is 1. The number of nitrogens with zero attached hydrogens (tertiary/aromatic N) is 3. The molecule has 0 saturated carbocycles. The highest BCUT2D eigenvalue weighted by Crippen LogP contribution is 2.33. The van der Waals surface area contributed by atoms with E-state index in [0.717, 1.165) is 12.2 Å². The van der Waals surface area contributed by atoms with Crippen LogP contribution in [-0.2, 0) is 18.8 Å². The van der Waals surface area contributed by atoms with Crippen LogP contribution in [0.4, 0.5) is 0 Å². The monoisotopic (exact) mass is 356 g/mol. The SMILES string of the molecule is Cn1ccnc1[C@@H]1OCC[C@H]1CNC(=O)c1cccc2c1oc(=O)n2C. The number of aryl methyl sites for hydroxylation is 2. The average molecular weight is 356 g/mol. The number of ether oxygens (including phenoxy) is 1. The van der Waals surface area contributed by atoms with Crippen molar-refractivity contribution in [3.8, 4) is 0 Å². The number of hydrogen-bond donors (Lipinski definition) is 1. The van der Waals surface area contributed by atoms with Crippen molar-refractivity contribution in [2.45, 2.75) is 12.5 Å². The summed E-state index contributed by atoms with van der Waals surface area (Å²) in [5.41, 5.74) is 1.26. The van der Waals surface area contributed by atoms with E-state index in [-0.39, 0.29) is 17.9 Å². The minimum atomic E-state index is -0.487. The van der Waals surface area contributed by atoms with E-state index in [1.165, 1.54) is 4.57 Å². The molecule has 1 aromatic carbocycles. The minimum absolute atomic E-state index is 0.138. The number of amides is 1. The second-order valence-electron chi connectivity index (χ2n) is 6.53. The van der Waals surface area contributed by atoms with Crippen LogP contribution >= 0.6 is 0 Å². The minimum Gasteiger partial charge on any atom is -0.407 e. The first kappa shape index (κ1) is 16.6. The van der Waals surface area contributed by atoms with Gasteiger partial charge in [-0.05, 0) is 18.6 Å². The first-order valence-electron chi connectivity index (χ1n) is 8.52. The summed E-state index contributed by atoms with van der Waals surface area (Å²) in [5, 5.41) is 2.95. The van der Waals surface area contributed by atoms with Gasteiger partial charge in [0.05, 0.1) is 11.1 Å². The van der Waals surface area contributed by atoms with Gasteiger partial charge in [-0.25, -0.2) is 9.78 Å². The second kappa shape index (κ2) is 6.45. The summed E-state index contributed by atoms with van der Waals surface area (Å²) < 4.78 is 14.4. The summed E-state index contributed by atoms with van der Waals surface area (Å²) in [7, 11) is 3.54. The number of carbonyl (C=O) groups excluding carboxylic acids is 1. The van der Waals surface area contributed by atoms with Gasteiger partial charge in [-0.1, -0.05) is 6.07 Å². The second-order valence-corrected chi connectivity index (χ2v) is 6.53. The fraction of sp³-hybridized carbons (Fsp3) is 0.389. The van der Waals surface area contributed by atoms with Crippen LogP contribution in [0.3, 0.4) is 0 Å². The average Bonchev–Trinajstić information content (AvgIpc) is 3.33. The Labute approximate surface area is 149 Å². The maximum Gasteiger partial charge on any atom is 0.419 e. The predicted molar refractivity (Wildman–Crippen MR) is 93.8 cm³/mol. The number of benzene rings is 1. The third kappa shape index (κ3) is 2.72. The van der Waals surface area contributed by atoms with E-state index in [1.54, 1.807) is 31.4 Å². The highest BCUT2D eigenvalue weighted by atomic mass is 16.5. The van der Waals surface area contributed by atoms with Crippen LogP contribution in [0.1, 0.15) is 28.7 Å². The fourth-order valence-electron chi connectivity index (χ4n) is 3.43. The lowest BCUT2D eigenvalue weighted by molar-refractivity contribution is 0.0780. The Morgan fingerprint density at radius 2 is 2.23 bits per heavy atom. The molecule has 26 heavy (non-hydrogen) atoms. The van der Waals surface area contributed by atoms with Crippen molar-refractivity contribution in [2.24, 2.45) is 20.0 Å². The normalized spacial score (nSPS) is 19.9. The van der Waals surface area contributed by atoms with Crippen LogP contribution in [0.5, 0.6) is 0 Å². The molecule has 0 unspecified atom stereocenters. The molecule has 0 aliphatic carbocycles. The Hall–Kier alpha value is -2.87. The standard InChI is InChI=1S/C18H20N4O4/c1-21-8-7-19-16(21)14-11(6-9-25-14)10-20-17(23)12-4-3-5-13-15(12)26-18(24)22(13)2/h3-5,7-8,11,14H,6,9-10H2,1-2H3,(H,20,23)/t11-,14+/m0/s1. The largest absolute Gasteiger partial charge is 0.419 e. The highest BCUT2D eigenvalue weighted by Gasteiger charge is 2.32. The molecule has 1 amide bonds. The molecule has 0 bridgehead atoms. The fourth-order valence-corrected chi connectivity index (χ4v) is 3.43. The molecule has 1 aliphatic rings. The topological polar surface area (TPSA) is 91.3 Å². The predicted octanol–water partition coefficient (Wildman–Crippen LogP) is 1.37. The van der Waals surface area contributed by atoms with Crippen LogP contribution in [-0.4, -0.2) is 33.2 Å². The summed E-state index contributed by atoms with van der Waals surface area (Å²) >= 11 is 0. The Bertz CT molecular complexity index is 1020. The van der Waals surface area contributed by atoms with Gasteiger partial charge in [0.1, 0.15) is 11.9 Å². The molecular formula is C18H20N4O4. The van der Waals surface area contributed by atoms with Crippen LogP contribution < -0.4 is 11.1 Å². The maximum absolute atomic E-state index is 12.7. The van der Waals surface area contributed by atoms with Gasteiger partial charge in [0, 0.05) is 45.6 Å². The summed E-state index contributed by atoms with van der Waals surface area (Å²) in [6.45, 7) is 1.10. The molecule has 0 spiro atoms. The van der Waals surface area contributed by atoms with Crippen molar-refractivity contribution in [1.29, 1.82) is 0 Å². The van der Waals surface area contributed by atoms with Crippen molar-refractivity contribution in [2.75, 3.05) is 13.2 Å². The summed E-state index contributed by atoms with van der Waals surface area (Å²) in [4.78, 5) is 28.7. The van der Waals surface area contributed by atoms with Crippen molar-refractivity contribution in [3.63, 3.8) is 0 Å². The molecular weight excluding hydrogens is 336 g/mol. The van der Waals surface area contributed by atoms with Crippen molar-refractivity contribution >= 4 is 17.0 Å². The van der Waals surface area contributed by atoms with E-state index < -0.39 is 5.76 Å². The van der Waals surface area contributed by atoms with Gasteiger partial charge in [-0.2, -0.15) is 0 Å². The lowest BCUT2D eigenvalue weighted by Gasteiger charge is -2.18. The molecule has 1 fully saturated rings. The van der Waals surface area contributed by atoms with Gasteiger partial charge in [0.15, 0.2) is 5.58 Å². The lowest BCUT2D eigenvalue weighted by Crippen LogP contribution is -2.31. The van der Waals surface area contributed by atoms with E-state index in [0.29, 0.717) is 29.8 Å². The molecule has 136 valence electrons. The summed E-state index contributed by atoms with van der Waals surface area (Å²) in [5.74, 6) is 0.245. The first-order valence-corrected chi connectivity index (χ1v) is 8.52. The van der Waals surface area contributed by atoms with Gasteiger partial charge in [0.2, 0.25) is 0 Å². The summed E-state index contributed by atoms with van der Waals surface area (Å²) in [6.07, 6.45) is 4.33. The van der Waals surface area contributed by atoms with Gasteiger partial charge in [-0.15, -0.1) is 0 Å². The van der Waals surface area contributed by atoms with Crippen LogP contribution in [0.15, 0.2) is 39.8 Å². The molecule has 2 aromatic heterocycles. The third-order valence-electron chi connectivity index (χ3n) is 4.92. The van der Waals surface area contributed by atoms with E-state index in [9.17, 15) is 9.59 Å². The zero-order valence-electron chi connectivity index (χ0n) is 14.6. The number of oxazole rings is 1. The van der Waals surface area contributed by atoms with Gasteiger partial charge < -0.3 is 19.0 Å². The third-order valence-corrected chi connectivity index (χ3v) is 4.92. The number of hydrogen-bond acceptors (Lipinski definition) is 5. The number of carbonyl (C=O) groups is 1. The number of rotatable bonds is 4. The summed E-state index contributed by atoms with van der Waals surface area (Å²) in [6, 6.07) is 5.14. The molecule has 4 rings (SSSR count). The van der Waals surface area contributed by atoms with E-state index in [1.807, 2.05) is 17.8 Å². The molecule has 0 radical (unpaired) electrons. The molecule has 1 N–H and O–H groups in total. The van der Waals surface area contributed by atoms with E-state index >= 15 is 0 Å². The number of para-hydroxylation sites is 1. The zero-order valence-corrected chi connectivity index (χ0v) is 14.6. The van der Waals surface area contributed by atoms with Gasteiger partial charge in [0.25, 0.3) is 5.91 Å². The number of aromatic nitrogens is 3. The molecule has 1 saturated heterocycles. The quantitative estimate of drug-likeness (QED) is 0.762. The number of imidazole rings is 1. The van der Waals surface area contributed by atoms with Crippen LogP contribution in [0.25, 0.3) is 11.1 Å². The Kier molecular flexibility index (Phi) is 4.12. The zero-order chi connectivity index (χ0) is 18.3. The van der Waals surface area contributed by atoms with Gasteiger partial charge >= 0.3 is 5.76 Å². The highest BCUT2D eigenvalue weighted by molar-refractivity contribution is 6.04. The molecule has 2 atom stereocenters. The maximum atomic E-state index is 12.7.